The predicted molar refractivity (Wildman–Crippen MR) is 138 cm³/mol. The van der Waals surface area contributed by atoms with E-state index in [1.165, 1.54) is 0 Å². The number of amides is 2. The topological polar surface area (TPSA) is 76.1 Å². The van der Waals surface area contributed by atoms with Crippen LogP contribution in [-0.2, 0) is 20.9 Å². The maximum absolute atomic E-state index is 14.0. The van der Waals surface area contributed by atoms with Gasteiger partial charge in [-0.05, 0) is 49.4 Å². The van der Waals surface area contributed by atoms with Crippen LogP contribution in [0.5, 0.6) is 0 Å². The van der Waals surface area contributed by atoms with Crippen LogP contribution in [0.3, 0.4) is 0 Å². The maximum Gasteiger partial charge on any atom is 0.417 e. The molecule has 3 aromatic rings. The van der Waals surface area contributed by atoms with Crippen molar-refractivity contribution < 1.29 is 24.2 Å². The SMILES string of the molecule is CC[C@H](O)[C@](C)(OCc1ccc(-c2ccccc2)cc1)C(=O)N1C(=O)OC(C)(C)[C@@H]1c1ccccc1. The van der Waals surface area contributed by atoms with Gasteiger partial charge in [0.2, 0.25) is 0 Å². The molecule has 6 heteroatoms. The Labute approximate surface area is 212 Å². The summed E-state index contributed by atoms with van der Waals surface area (Å²) in [6, 6.07) is 26.5. The van der Waals surface area contributed by atoms with E-state index in [-0.39, 0.29) is 13.0 Å². The van der Waals surface area contributed by atoms with Crippen molar-refractivity contribution in [3.63, 3.8) is 0 Å². The Bertz CT molecular complexity index is 1190. The maximum atomic E-state index is 14.0. The van der Waals surface area contributed by atoms with Crippen LogP contribution in [-0.4, -0.2) is 39.3 Å². The summed E-state index contributed by atoms with van der Waals surface area (Å²) in [6.45, 7) is 6.96. The second kappa shape index (κ2) is 10.2. The highest BCUT2D eigenvalue weighted by atomic mass is 16.6. The first kappa shape index (κ1) is 25.6. The molecule has 1 N–H and O–H groups in total. The first-order chi connectivity index (χ1) is 17.2. The molecule has 36 heavy (non-hydrogen) atoms. The minimum absolute atomic E-state index is 0.0939. The number of imide groups is 1. The number of carbonyl (C=O) groups excluding carboxylic acids is 2. The third-order valence-corrected chi connectivity index (χ3v) is 6.84. The van der Waals surface area contributed by atoms with Crippen molar-refractivity contribution in [1.82, 2.24) is 4.90 Å². The van der Waals surface area contributed by atoms with Crippen LogP contribution in [0.4, 0.5) is 4.79 Å². The molecule has 1 aliphatic rings. The summed E-state index contributed by atoms with van der Waals surface area (Å²) in [7, 11) is 0. The van der Waals surface area contributed by atoms with E-state index in [0.29, 0.717) is 0 Å². The van der Waals surface area contributed by atoms with Gasteiger partial charge in [-0.1, -0.05) is 91.9 Å². The molecule has 3 aromatic carbocycles. The van der Waals surface area contributed by atoms with Crippen LogP contribution < -0.4 is 0 Å². The molecule has 0 spiro atoms. The monoisotopic (exact) mass is 487 g/mol. The lowest BCUT2D eigenvalue weighted by molar-refractivity contribution is -0.174. The molecular formula is C30H33NO5. The van der Waals surface area contributed by atoms with Gasteiger partial charge in [0.1, 0.15) is 11.6 Å². The van der Waals surface area contributed by atoms with Gasteiger partial charge in [-0.25, -0.2) is 9.69 Å². The molecule has 1 fully saturated rings. The molecule has 0 aromatic heterocycles. The second-order valence-electron chi connectivity index (χ2n) is 9.84. The fraction of sp³-hybridized carbons (Fsp3) is 0.333. The van der Waals surface area contributed by atoms with Crippen LogP contribution in [0.15, 0.2) is 84.9 Å². The number of hydrogen-bond acceptors (Lipinski definition) is 5. The molecule has 2 amide bonds. The fourth-order valence-corrected chi connectivity index (χ4v) is 4.72. The van der Waals surface area contributed by atoms with Gasteiger partial charge in [-0.3, -0.25) is 4.79 Å². The number of ether oxygens (including phenoxy) is 2. The van der Waals surface area contributed by atoms with Crippen molar-refractivity contribution in [2.45, 2.75) is 64.1 Å². The molecule has 0 unspecified atom stereocenters. The Morgan fingerprint density at radius 1 is 1.00 bits per heavy atom. The van der Waals surface area contributed by atoms with Crippen LogP contribution >= 0.6 is 0 Å². The Kier molecular flexibility index (Phi) is 7.29. The minimum Gasteiger partial charge on any atom is -0.440 e. The molecule has 1 saturated heterocycles. The van der Waals surface area contributed by atoms with E-state index in [1.807, 2.05) is 84.9 Å². The van der Waals surface area contributed by atoms with Gasteiger partial charge in [-0.15, -0.1) is 0 Å². The highest BCUT2D eigenvalue weighted by Gasteiger charge is 2.56. The number of cyclic esters (lactones) is 1. The summed E-state index contributed by atoms with van der Waals surface area (Å²) in [6.07, 6.45) is -1.59. The van der Waals surface area contributed by atoms with Gasteiger partial charge < -0.3 is 14.6 Å². The predicted octanol–water partition coefficient (Wildman–Crippen LogP) is 5.90. The first-order valence-electron chi connectivity index (χ1n) is 12.3. The van der Waals surface area contributed by atoms with Gasteiger partial charge in [0.05, 0.1) is 12.7 Å². The lowest BCUT2D eigenvalue weighted by Gasteiger charge is -2.37. The standard InChI is InChI=1S/C30H33NO5/c1-5-25(32)30(4,35-20-21-16-18-23(19-17-21)22-12-8-6-9-13-22)27(33)31-26(24-14-10-7-11-15-24)29(2,3)36-28(31)34/h6-19,25-26,32H,5,20H2,1-4H3/t25-,26-,30-/m0/s1. The van der Waals surface area contributed by atoms with Crippen molar-refractivity contribution in [3.05, 3.63) is 96.1 Å². The van der Waals surface area contributed by atoms with Crippen molar-refractivity contribution in [3.8, 4) is 11.1 Å². The van der Waals surface area contributed by atoms with Crippen molar-refractivity contribution in [2.75, 3.05) is 0 Å². The van der Waals surface area contributed by atoms with E-state index in [4.69, 9.17) is 9.47 Å². The molecule has 4 rings (SSSR count). The van der Waals surface area contributed by atoms with Crippen LogP contribution in [0.25, 0.3) is 11.1 Å². The zero-order valence-corrected chi connectivity index (χ0v) is 21.2. The summed E-state index contributed by atoms with van der Waals surface area (Å²) in [4.78, 5) is 28.0. The summed E-state index contributed by atoms with van der Waals surface area (Å²) < 4.78 is 11.7. The van der Waals surface area contributed by atoms with E-state index in [2.05, 4.69) is 0 Å². The van der Waals surface area contributed by atoms with E-state index in [1.54, 1.807) is 27.7 Å². The molecule has 1 aliphatic heterocycles. The molecule has 0 bridgehead atoms. The largest absolute Gasteiger partial charge is 0.440 e. The highest BCUT2D eigenvalue weighted by molar-refractivity contribution is 5.99. The number of rotatable bonds is 8. The van der Waals surface area contributed by atoms with E-state index in [0.717, 1.165) is 27.2 Å². The normalized spacial score (nSPS) is 19.4. The van der Waals surface area contributed by atoms with Crippen molar-refractivity contribution in [1.29, 1.82) is 0 Å². The van der Waals surface area contributed by atoms with Crippen LogP contribution in [0, 0.1) is 0 Å². The third kappa shape index (κ3) is 4.92. The first-order valence-corrected chi connectivity index (χ1v) is 12.3. The molecule has 188 valence electrons. The van der Waals surface area contributed by atoms with Crippen molar-refractivity contribution in [2.24, 2.45) is 0 Å². The zero-order chi connectivity index (χ0) is 25.9. The quantitative estimate of drug-likeness (QED) is 0.428. The number of benzene rings is 3. The molecule has 0 saturated carbocycles. The summed E-state index contributed by atoms with van der Waals surface area (Å²) in [5.74, 6) is -0.623. The summed E-state index contributed by atoms with van der Waals surface area (Å²) in [5, 5.41) is 10.9. The zero-order valence-electron chi connectivity index (χ0n) is 21.2. The summed E-state index contributed by atoms with van der Waals surface area (Å²) >= 11 is 0. The number of carbonyl (C=O) groups is 2. The van der Waals surface area contributed by atoms with Crippen LogP contribution in [0.1, 0.15) is 51.3 Å². The molecular weight excluding hydrogens is 454 g/mol. The average Bonchev–Trinajstić information content (AvgIpc) is 3.15. The molecule has 0 aliphatic carbocycles. The molecule has 6 nitrogen and oxygen atoms in total. The Balaban J connectivity index is 1.59. The summed E-state index contributed by atoms with van der Waals surface area (Å²) in [5.41, 5.74) is 1.19. The number of aliphatic hydroxyl groups excluding tert-OH is 1. The van der Waals surface area contributed by atoms with Gasteiger partial charge in [0, 0.05) is 0 Å². The van der Waals surface area contributed by atoms with E-state index in [9.17, 15) is 14.7 Å². The average molecular weight is 488 g/mol. The molecule has 3 atom stereocenters. The smallest absolute Gasteiger partial charge is 0.417 e. The Morgan fingerprint density at radius 3 is 2.14 bits per heavy atom. The lowest BCUT2D eigenvalue weighted by atomic mass is 9.88. The Hall–Kier alpha value is -3.48. The Morgan fingerprint density at radius 2 is 1.56 bits per heavy atom. The minimum atomic E-state index is -1.65. The van der Waals surface area contributed by atoms with E-state index >= 15 is 0 Å². The number of aliphatic hydroxyl groups is 1. The van der Waals surface area contributed by atoms with Gasteiger partial charge in [0.15, 0.2) is 5.60 Å². The molecule has 1 heterocycles. The van der Waals surface area contributed by atoms with Crippen molar-refractivity contribution >= 4 is 12.0 Å². The van der Waals surface area contributed by atoms with Gasteiger partial charge in [-0.2, -0.15) is 0 Å². The highest BCUT2D eigenvalue weighted by Crippen LogP contribution is 2.43. The number of nitrogens with zero attached hydrogens (tertiary/aromatic N) is 1. The van der Waals surface area contributed by atoms with Gasteiger partial charge >= 0.3 is 6.09 Å². The van der Waals surface area contributed by atoms with Gasteiger partial charge in [0.25, 0.3) is 5.91 Å². The van der Waals surface area contributed by atoms with E-state index < -0.39 is 35.3 Å². The molecule has 0 radical (unpaired) electrons. The van der Waals surface area contributed by atoms with Crippen LogP contribution in [0.2, 0.25) is 0 Å². The second-order valence-corrected chi connectivity index (χ2v) is 9.84. The fourth-order valence-electron chi connectivity index (χ4n) is 4.72. The number of hydrogen-bond donors (Lipinski definition) is 1. The lowest BCUT2D eigenvalue weighted by Crippen LogP contribution is -2.57. The third-order valence-electron chi connectivity index (χ3n) is 6.84.